The van der Waals surface area contributed by atoms with Crippen LogP contribution in [0.3, 0.4) is 0 Å². The summed E-state index contributed by atoms with van der Waals surface area (Å²) in [4.78, 5) is 35.9. The van der Waals surface area contributed by atoms with Crippen LogP contribution in [-0.4, -0.2) is 65.0 Å². The number of carbonyl (C=O) groups excluding carboxylic acids is 2. The van der Waals surface area contributed by atoms with Gasteiger partial charge in [0.05, 0.1) is 29.8 Å². The molecule has 1 saturated heterocycles. The standard InChI is InChI=1S/C52H70N2O5/c1-30-22-31(2)24-32(23-30)25-33-28-54(35-16-21-53-41(33)35)29-52-20-19-47(5,26-37(56)45-46(3,4)59-45)40-36(55)27-50(8,42(40)52)49(7)18-14-38-48(6,43(49)44(52)58)17-15-39(57)51(38,9)34-12-10-11-13-34/h16,21-24,34,37-38,43-45,56,58H,10-15,17-20,25-29H2,1-9H3/p+1. The van der Waals surface area contributed by atoms with Gasteiger partial charge in [0.2, 0.25) is 0 Å². The normalized spacial score (nSPS) is 45.1. The minimum absolute atomic E-state index is 0.0583. The van der Waals surface area contributed by atoms with Gasteiger partial charge in [-0.3, -0.25) is 19.5 Å². The summed E-state index contributed by atoms with van der Waals surface area (Å²) in [5.74, 6) is 1.25. The fourth-order valence-electron chi connectivity index (χ4n) is 16.9. The van der Waals surface area contributed by atoms with Gasteiger partial charge in [0.1, 0.15) is 24.1 Å². The van der Waals surface area contributed by atoms with E-state index in [2.05, 4.69) is 72.7 Å². The summed E-state index contributed by atoms with van der Waals surface area (Å²) in [7, 11) is 0. The monoisotopic (exact) mass is 804 g/mol. The molecule has 318 valence electrons. The lowest BCUT2D eigenvalue weighted by Crippen LogP contribution is -3.11. The van der Waals surface area contributed by atoms with Crippen molar-refractivity contribution in [2.75, 3.05) is 13.1 Å². The van der Waals surface area contributed by atoms with Crippen LogP contribution in [0.2, 0.25) is 0 Å². The zero-order chi connectivity index (χ0) is 41.9. The Labute approximate surface area is 353 Å². The molecule has 1 aromatic carbocycles. The lowest BCUT2D eigenvalue weighted by Gasteiger charge is -2.73. The van der Waals surface area contributed by atoms with Gasteiger partial charge in [-0.15, -0.1) is 0 Å². The van der Waals surface area contributed by atoms with Crippen molar-refractivity contribution in [1.82, 2.24) is 0 Å². The van der Waals surface area contributed by atoms with Gasteiger partial charge >= 0.3 is 0 Å². The van der Waals surface area contributed by atoms with Crippen LogP contribution in [0.25, 0.3) is 0 Å². The third-order valence-corrected chi connectivity index (χ3v) is 19.7. The fourth-order valence-corrected chi connectivity index (χ4v) is 16.9. The molecule has 5 fully saturated rings. The molecule has 7 heteroatoms. The molecule has 10 rings (SSSR count). The van der Waals surface area contributed by atoms with Crippen molar-refractivity contribution in [3.05, 3.63) is 69.1 Å². The first-order valence-corrected chi connectivity index (χ1v) is 23.5. The van der Waals surface area contributed by atoms with Crippen molar-refractivity contribution in [1.29, 1.82) is 0 Å². The van der Waals surface area contributed by atoms with E-state index in [1.165, 1.54) is 51.3 Å². The molecule has 0 aromatic heterocycles. The number of ether oxygens (including phenoxy) is 1. The van der Waals surface area contributed by atoms with Crippen molar-refractivity contribution < 1.29 is 29.4 Å². The molecule has 0 amide bonds. The van der Waals surface area contributed by atoms with Gasteiger partial charge in [0.15, 0.2) is 11.5 Å². The van der Waals surface area contributed by atoms with Gasteiger partial charge < -0.3 is 14.9 Å². The second-order valence-electron chi connectivity index (χ2n) is 23.4. The van der Waals surface area contributed by atoms with Gasteiger partial charge in [-0.25, -0.2) is 0 Å². The Morgan fingerprint density at radius 2 is 1.63 bits per heavy atom. The summed E-state index contributed by atoms with van der Waals surface area (Å²) in [5.41, 5.74) is 6.72. The Morgan fingerprint density at radius 3 is 2.31 bits per heavy atom. The van der Waals surface area contributed by atoms with Crippen LogP contribution in [0.15, 0.2) is 57.4 Å². The molecule has 6 aliphatic carbocycles. The van der Waals surface area contributed by atoms with Crippen LogP contribution in [0.4, 0.5) is 0 Å². The second-order valence-corrected chi connectivity index (χ2v) is 23.4. The van der Waals surface area contributed by atoms with Gasteiger partial charge in [-0.1, -0.05) is 76.8 Å². The number of aryl methyl sites for hydroxylation is 2. The van der Waals surface area contributed by atoms with Crippen molar-refractivity contribution in [3.8, 4) is 0 Å². The van der Waals surface area contributed by atoms with Gasteiger partial charge in [0, 0.05) is 53.5 Å². The Hall–Kier alpha value is -2.71. The number of rotatable bonds is 8. The van der Waals surface area contributed by atoms with E-state index < -0.39 is 28.5 Å². The van der Waals surface area contributed by atoms with Crippen LogP contribution < -0.4 is 4.90 Å². The van der Waals surface area contributed by atoms with Crippen LogP contribution in [-0.2, 0) is 20.7 Å². The number of nitrogens with one attached hydrogen (secondary N) is 1. The minimum atomic E-state index is -0.673. The number of Topliss-reactive ketones (excluding diaryl/α,β-unsaturated/α-hetero) is 2. The predicted octanol–water partition coefficient (Wildman–Crippen LogP) is 7.93. The molecule has 3 aliphatic heterocycles. The number of epoxide rings is 1. The molecule has 59 heavy (non-hydrogen) atoms. The summed E-state index contributed by atoms with van der Waals surface area (Å²) < 4.78 is 5.98. The highest BCUT2D eigenvalue weighted by atomic mass is 16.6. The Morgan fingerprint density at radius 1 is 0.932 bits per heavy atom. The lowest BCUT2D eigenvalue weighted by molar-refractivity contribution is -0.856. The van der Waals surface area contributed by atoms with Crippen LogP contribution in [0.1, 0.15) is 142 Å². The van der Waals surface area contributed by atoms with Crippen molar-refractivity contribution >= 4 is 17.8 Å². The number of benzene rings is 1. The number of hydrogen-bond acceptors (Lipinski definition) is 6. The zero-order valence-electron chi connectivity index (χ0n) is 37.5. The molecule has 9 aliphatic rings. The van der Waals surface area contributed by atoms with E-state index in [1.807, 2.05) is 20.1 Å². The molecule has 4 saturated carbocycles. The third kappa shape index (κ3) is 5.41. The van der Waals surface area contributed by atoms with Gasteiger partial charge in [-0.05, 0) is 124 Å². The number of allylic oxidation sites excluding steroid dienone is 2. The first kappa shape index (κ1) is 40.4. The lowest BCUT2D eigenvalue weighted by atomic mass is 9.31. The van der Waals surface area contributed by atoms with E-state index in [1.54, 1.807) is 0 Å². The minimum Gasteiger partial charge on any atom is -0.392 e. The highest BCUT2D eigenvalue weighted by Crippen LogP contribution is 2.79. The molecule has 7 nitrogen and oxygen atoms in total. The number of carbonyl (C=O) groups is 2. The quantitative estimate of drug-likeness (QED) is 0.232. The van der Waals surface area contributed by atoms with E-state index in [0.717, 1.165) is 69.2 Å². The highest BCUT2D eigenvalue weighted by Gasteiger charge is 2.78. The molecule has 0 spiro atoms. The summed E-state index contributed by atoms with van der Waals surface area (Å²) in [6.45, 7) is 21.9. The predicted molar refractivity (Wildman–Crippen MR) is 231 cm³/mol. The summed E-state index contributed by atoms with van der Waals surface area (Å²) >= 11 is 0. The maximum atomic E-state index is 15.2. The fraction of sp³-hybridized carbons (Fsp3) is 0.712. The average Bonchev–Trinajstić information content (AvgIpc) is 3.73. The summed E-state index contributed by atoms with van der Waals surface area (Å²) in [5, 5.41) is 25.7. The SMILES string of the molecule is Cc1cc(C)cc(CC2=C3N=CC=C3[NH+](CC34CCC(C)(CC(O)C5OC5(C)C)C5=C3C(C)(CC5=O)C3(C)CCC5C(C)(CCC(=O)C5(C)C5CCCC5)C3C4O)C2)c1. The van der Waals surface area contributed by atoms with E-state index >= 15 is 4.79 Å². The largest absolute Gasteiger partial charge is 0.392 e. The summed E-state index contributed by atoms with van der Waals surface area (Å²) in [6.07, 6.45) is 13.8. The number of aliphatic hydroxyl groups is 2. The van der Waals surface area contributed by atoms with Crippen LogP contribution in [0, 0.1) is 64.1 Å². The number of aliphatic imine (C=N–C) groups is 1. The Bertz CT molecular complexity index is 2140. The molecule has 12 unspecified atom stereocenters. The summed E-state index contributed by atoms with van der Waals surface area (Å²) in [6, 6.07) is 6.84. The maximum Gasteiger partial charge on any atom is 0.160 e. The number of quaternary nitrogens is 1. The second kappa shape index (κ2) is 12.9. The molecular formula is C52H71N2O5+. The Balaban J connectivity index is 1.10. The molecule has 3 N–H and O–H groups in total. The molecule has 12 atom stereocenters. The topological polar surface area (TPSA) is 104 Å². The van der Waals surface area contributed by atoms with Gasteiger partial charge in [-0.2, -0.15) is 0 Å². The highest BCUT2D eigenvalue weighted by molar-refractivity contribution is 6.02. The zero-order valence-corrected chi connectivity index (χ0v) is 37.5. The van der Waals surface area contributed by atoms with E-state index in [9.17, 15) is 15.0 Å². The smallest absolute Gasteiger partial charge is 0.160 e. The van der Waals surface area contributed by atoms with Crippen molar-refractivity contribution in [2.24, 2.45) is 55.2 Å². The van der Waals surface area contributed by atoms with E-state index in [4.69, 9.17) is 9.73 Å². The number of fused-ring (bicyclic) bond motifs is 5. The molecule has 1 aromatic rings. The number of nitrogens with zero attached hydrogens (tertiary/aromatic N) is 1. The van der Waals surface area contributed by atoms with Gasteiger partial charge in [0.25, 0.3) is 0 Å². The Kier molecular flexibility index (Phi) is 8.84. The third-order valence-electron chi connectivity index (χ3n) is 19.7. The first-order chi connectivity index (χ1) is 27.7. The molecule has 3 heterocycles. The maximum absolute atomic E-state index is 15.2. The molecule has 0 radical (unpaired) electrons. The van der Waals surface area contributed by atoms with Crippen LogP contribution >= 0.6 is 0 Å². The van der Waals surface area contributed by atoms with E-state index in [0.29, 0.717) is 37.5 Å². The van der Waals surface area contributed by atoms with Crippen LogP contribution in [0.5, 0.6) is 0 Å². The average molecular weight is 804 g/mol. The molecular weight excluding hydrogens is 733 g/mol. The van der Waals surface area contributed by atoms with Crippen molar-refractivity contribution in [2.45, 2.75) is 170 Å². The molecule has 0 bridgehead atoms. The number of aliphatic hydroxyl groups excluding tert-OH is 2. The number of hydrogen-bond donors (Lipinski definition) is 3. The van der Waals surface area contributed by atoms with E-state index in [-0.39, 0.29) is 45.6 Å². The first-order valence-electron chi connectivity index (χ1n) is 23.5. The number of ketones is 2. The van der Waals surface area contributed by atoms with Crippen molar-refractivity contribution in [3.63, 3.8) is 0 Å².